The Morgan fingerprint density at radius 2 is 1.78 bits per heavy atom. The van der Waals surface area contributed by atoms with Gasteiger partial charge in [-0.3, -0.25) is 0 Å². The van der Waals surface area contributed by atoms with Gasteiger partial charge in [0.2, 0.25) is 0 Å². The van der Waals surface area contributed by atoms with E-state index in [9.17, 15) is 0 Å². The first-order valence-electron chi connectivity index (χ1n) is 7.74. The largest absolute Gasteiger partial charge is 0.368 e. The van der Waals surface area contributed by atoms with Crippen molar-refractivity contribution in [2.45, 2.75) is 84.0 Å². The topological polar surface area (TPSA) is 21.3 Å². The van der Waals surface area contributed by atoms with Gasteiger partial charge in [0.25, 0.3) is 0 Å². The fourth-order valence-corrected chi connectivity index (χ4v) is 3.87. The van der Waals surface area contributed by atoms with Crippen molar-refractivity contribution in [2.24, 2.45) is 11.8 Å². The summed E-state index contributed by atoms with van der Waals surface area (Å²) in [5, 5.41) is 3.80. The van der Waals surface area contributed by atoms with Crippen LogP contribution in [0.25, 0.3) is 0 Å². The lowest BCUT2D eigenvalue weighted by Gasteiger charge is -2.33. The maximum atomic E-state index is 6.15. The third kappa shape index (κ3) is 3.27. The molecule has 1 heterocycles. The summed E-state index contributed by atoms with van der Waals surface area (Å²) in [6, 6.07) is 0.502. The second-order valence-electron chi connectivity index (χ2n) is 7.65. The van der Waals surface area contributed by atoms with Crippen LogP contribution in [0, 0.1) is 11.8 Å². The van der Waals surface area contributed by atoms with Gasteiger partial charge < -0.3 is 10.1 Å². The Kier molecular flexibility index (Phi) is 4.08. The molecule has 0 aromatic carbocycles. The van der Waals surface area contributed by atoms with Crippen LogP contribution in [-0.2, 0) is 4.74 Å². The number of nitrogens with one attached hydrogen (secondary N) is 1. The molecule has 0 aromatic heterocycles. The molecule has 0 bridgehead atoms. The quantitative estimate of drug-likeness (QED) is 0.827. The van der Waals surface area contributed by atoms with Crippen LogP contribution in [0.4, 0.5) is 0 Å². The molecule has 2 heteroatoms. The van der Waals surface area contributed by atoms with Crippen LogP contribution in [0.3, 0.4) is 0 Å². The summed E-state index contributed by atoms with van der Waals surface area (Å²) in [4.78, 5) is 0. The molecule has 1 saturated carbocycles. The highest BCUT2D eigenvalue weighted by molar-refractivity contribution is 4.99. The molecule has 0 radical (unpaired) electrons. The van der Waals surface area contributed by atoms with Crippen molar-refractivity contribution in [2.75, 3.05) is 6.54 Å². The fraction of sp³-hybridized carbons (Fsp3) is 1.00. The third-order valence-electron chi connectivity index (χ3n) is 4.99. The first-order valence-corrected chi connectivity index (χ1v) is 7.74. The lowest BCUT2D eigenvalue weighted by Crippen LogP contribution is -2.46. The Bertz CT molecular complexity index is 285. The van der Waals surface area contributed by atoms with Crippen LogP contribution < -0.4 is 5.32 Å². The molecule has 3 unspecified atom stereocenters. The summed E-state index contributed by atoms with van der Waals surface area (Å²) in [7, 11) is 0. The van der Waals surface area contributed by atoms with Gasteiger partial charge in [-0.15, -0.1) is 0 Å². The minimum atomic E-state index is -0.0264. The second-order valence-corrected chi connectivity index (χ2v) is 7.65. The standard InChI is InChI=1S/C16H31NO/c1-12-8-6-7-9-13(12)11-17-14-10-15(2,3)18-16(14,4)5/h12-14,17H,6-11H2,1-5H3. The van der Waals surface area contributed by atoms with Gasteiger partial charge in [-0.2, -0.15) is 0 Å². The molecule has 0 amide bonds. The van der Waals surface area contributed by atoms with Crippen molar-refractivity contribution in [3.63, 3.8) is 0 Å². The van der Waals surface area contributed by atoms with Crippen LogP contribution in [0.1, 0.15) is 66.7 Å². The van der Waals surface area contributed by atoms with Crippen LogP contribution in [0.2, 0.25) is 0 Å². The van der Waals surface area contributed by atoms with E-state index in [0.29, 0.717) is 6.04 Å². The molecule has 1 aliphatic heterocycles. The van der Waals surface area contributed by atoms with Gasteiger partial charge in [0.05, 0.1) is 11.2 Å². The summed E-state index contributed by atoms with van der Waals surface area (Å²) < 4.78 is 6.15. The van der Waals surface area contributed by atoms with Gasteiger partial charge in [0, 0.05) is 6.04 Å². The number of hydrogen-bond acceptors (Lipinski definition) is 2. The van der Waals surface area contributed by atoms with Crippen molar-refractivity contribution in [3.8, 4) is 0 Å². The summed E-state index contributed by atoms with van der Waals surface area (Å²) in [6.07, 6.45) is 6.81. The van der Waals surface area contributed by atoms with Crippen molar-refractivity contribution >= 4 is 0 Å². The Hall–Kier alpha value is -0.0800. The highest BCUT2D eigenvalue weighted by Gasteiger charge is 2.45. The van der Waals surface area contributed by atoms with Gasteiger partial charge in [-0.05, 0) is 58.9 Å². The van der Waals surface area contributed by atoms with Gasteiger partial charge in [0.1, 0.15) is 0 Å². The number of ether oxygens (including phenoxy) is 1. The zero-order valence-electron chi connectivity index (χ0n) is 12.9. The maximum Gasteiger partial charge on any atom is 0.0787 e. The highest BCUT2D eigenvalue weighted by atomic mass is 16.5. The van der Waals surface area contributed by atoms with E-state index in [1.165, 1.54) is 32.2 Å². The molecule has 0 spiro atoms. The van der Waals surface area contributed by atoms with Crippen molar-refractivity contribution in [1.29, 1.82) is 0 Å². The van der Waals surface area contributed by atoms with Gasteiger partial charge in [-0.1, -0.05) is 26.2 Å². The van der Waals surface area contributed by atoms with Gasteiger partial charge >= 0.3 is 0 Å². The molecule has 2 rings (SSSR count). The smallest absolute Gasteiger partial charge is 0.0787 e. The lowest BCUT2D eigenvalue weighted by atomic mass is 9.80. The maximum absolute atomic E-state index is 6.15. The van der Waals surface area contributed by atoms with E-state index in [4.69, 9.17) is 4.74 Å². The number of hydrogen-bond donors (Lipinski definition) is 1. The fourth-order valence-electron chi connectivity index (χ4n) is 3.87. The summed E-state index contributed by atoms with van der Waals surface area (Å²) in [6.45, 7) is 12.5. The van der Waals surface area contributed by atoms with E-state index >= 15 is 0 Å². The molecular formula is C16H31NO. The molecule has 0 aromatic rings. The van der Waals surface area contributed by atoms with Crippen molar-refractivity contribution in [3.05, 3.63) is 0 Å². The molecule has 3 atom stereocenters. The zero-order valence-corrected chi connectivity index (χ0v) is 12.9. The Morgan fingerprint density at radius 3 is 2.33 bits per heavy atom. The molecule has 2 aliphatic rings. The Morgan fingerprint density at radius 1 is 1.11 bits per heavy atom. The first-order chi connectivity index (χ1) is 8.30. The molecule has 18 heavy (non-hydrogen) atoms. The van der Waals surface area contributed by atoms with E-state index in [1.54, 1.807) is 0 Å². The second kappa shape index (κ2) is 5.13. The summed E-state index contributed by atoms with van der Waals surface area (Å²) in [5.74, 6) is 1.77. The summed E-state index contributed by atoms with van der Waals surface area (Å²) >= 11 is 0. The lowest BCUT2D eigenvalue weighted by molar-refractivity contribution is -0.0701. The predicted octanol–water partition coefficient (Wildman–Crippen LogP) is 3.75. The minimum absolute atomic E-state index is 0.0264. The molecule has 106 valence electrons. The van der Waals surface area contributed by atoms with Crippen molar-refractivity contribution < 1.29 is 4.74 Å². The zero-order chi connectivity index (χ0) is 13.4. The van der Waals surface area contributed by atoms with Gasteiger partial charge in [-0.25, -0.2) is 0 Å². The van der Waals surface area contributed by atoms with Crippen LogP contribution >= 0.6 is 0 Å². The predicted molar refractivity (Wildman–Crippen MR) is 76.8 cm³/mol. The van der Waals surface area contributed by atoms with Crippen LogP contribution in [0.5, 0.6) is 0 Å². The normalized spacial score (nSPS) is 38.8. The highest BCUT2D eigenvalue weighted by Crippen LogP contribution is 2.37. The molecule has 2 fully saturated rings. The average molecular weight is 253 g/mol. The molecule has 1 N–H and O–H groups in total. The molecule has 1 aliphatic carbocycles. The number of rotatable bonds is 3. The first kappa shape index (κ1) is 14.3. The van der Waals surface area contributed by atoms with E-state index in [-0.39, 0.29) is 11.2 Å². The van der Waals surface area contributed by atoms with Gasteiger partial charge in [0.15, 0.2) is 0 Å². The molecule has 1 saturated heterocycles. The van der Waals surface area contributed by atoms with Crippen LogP contribution in [0.15, 0.2) is 0 Å². The SMILES string of the molecule is CC1CCCCC1CNC1CC(C)(C)OC1(C)C. The monoisotopic (exact) mass is 253 g/mol. The van der Waals surface area contributed by atoms with Crippen molar-refractivity contribution in [1.82, 2.24) is 5.32 Å². The molecule has 2 nitrogen and oxygen atoms in total. The Labute approximate surface area is 113 Å². The third-order valence-corrected chi connectivity index (χ3v) is 4.99. The van der Waals surface area contributed by atoms with E-state index in [2.05, 4.69) is 39.9 Å². The Balaban J connectivity index is 1.86. The molecular weight excluding hydrogens is 222 g/mol. The van der Waals surface area contributed by atoms with Crippen LogP contribution in [-0.4, -0.2) is 23.8 Å². The summed E-state index contributed by atoms with van der Waals surface area (Å²) in [5.41, 5.74) is 0.000746. The van der Waals surface area contributed by atoms with E-state index in [1.807, 2.05) is 0 Å². The minimum Gasteiger partial charge on any atom is -0.368 e. The average Bonchev–Trinajstić information content (AvgIpc) is 2.45. The van der Waals surface area contributed by atoms with E-state index < -0.39 is 0 Å². The van der Waals surface area contributed by atoms with E-state index in [0.717, 1.165) is 18.3 Å².